The van der Waals surface area contributed by atoms with Crippen molar-refractivity contribution in [2.45, 2.75) is 39.7 Å². The number of aromatic nitrogens is 1. The summed E-state index contributed by atoms with van der Waals surface area (Å²) in [7, 11) is 0. The van der Waals surface area contributed by atoms with Crippen LogP contribution in [0.5, 0.6) is 0 Å². The fourth-order valence-electron chi connectivity index (χ4n) is 1.98. The Morgan fingerprint density at radius 3 is 2.67 bits per heavy atom. The number of pyridine rings is 1. The summed E-state index contributed by atoms with van der Waals surface area (Å²) in [4.78, 5) is 16.1. The monoisotopic (exact) mass is 332 g/mol. The number of hydrogen-bond acceptors (Lipinski definition) is 2. The van der Waals surface area contributed by atoms with E-state index in [1.54, 1.807) is 12.3 Å². The summed E-state index contributed by atoms with van der Waals surface area (Å²) < 4.78 is 0.743. The molecule has 1 aromatic heterocycles. The maximum atomic E-state index is 12.1. The minimum Gasteiger partial charge on any atom is -0.349 e. The summed E-state index contributed by atoms with van der Waals surface area (Å²) in [6.07, 6.45) is 3.66. The highest BCUT2D eigenvalue weighted by Gasteiger charge is 2.18. The quantitative estimate of drug-likeness (QED) is 0.826. The lowest BCUT2D eigenvalue weighted by molar-refractivity contribution is 0.0925. The van der Waals surface area contributed by atoms with Crippen LogP contribution in [0.25, 0.3) is 0 Å². The van der Waals surface area contributed by atoms with E-state index in [-0.39, 0.29) is 17.1 Å². The number of nitrogens with zero attached hydrogens (tertiary/aromatic N) is 1. The van der Waals surface area contributed by atoms with Gasteiger partial charge < -0.3 is 5.32 Å². The van der Waals surface area contributed by atoms with E-state index in [9.17, 15) is 4.79 Å². The minimum atomic E-state index is -0.173. The Labute approximate surface area is 121 Å². The Bertz CT molecular complexity index is 421. The third-order valence-electron chi connectivity index (χ3n) is 3.16. The second kappa shape index (κ2) is 7.10. The lowest BCUT2D eigenvalue weighted by atomic mass is 9.95. The number of nitrogens with one attached hydrogen (secondary N) is 1. The Kier molecular flexibility index (Phi) is 6.09. The van der Waals surface area contributed by atoms with Gasteiger partial charge >= 0.3 is 0 Å². The molecule has 0 fully saturated rings. The van der Waals surface area contributed by atoms with Gasteiger partial charge in [-0.05, 0) is 34.8 Å². The van der Waals surface area contributed by atoms with Crippen LogP contribution in [0.3, 0.4) is 0 Å². The molecule has 1 heterocycles. The molecule has 1 amide bonds. The number of rotatable bonds is 5. The van der Waals surface area contributed by atoms with Gasteiger partial charge in [-0.1, -0.05) is 38.3 Å². The van der Waals surface area contributed by atoms with E-state index in [2.05, 4.69) is 40.1 Å². The highest BCUT2D eigenvalue weighted by atomic mass is 79.9. The third-order valence-corrected chi connectivity index (χ3v) is 3.90. The van der Waals surface area contributed by atoms with E-state index in [1.807, 2.05) is 6.92 Å². The van der Waals surface area contributed by atoms with Crippen LogP contribution in [-0.4, -0.2) is 16.9 Å². The standard InChI is InChI=1S/C13H18BrClN2O/c1-4-9(5-2)8(3)17-13(18)11-6-10(14)7-16-12(11)15/h6-9H,4-5H2,1-3H3,(H,17,18). The van der Waals surface area contributed by atoms with E-state index in [0.717, 1.165) is 17.3 Å². The van der Waals surface area contributed by atoms with Gasteiger partial charge in [0.15, 0.2) is 0 Å². The summed E-state index contributed by atoms with van der Waals surface area (Å²) in [5.41, 5.74) is 0.406. The smallest absolute Gasteiger partial charge is 0.254 e. The van der Waals surface area contributed by atoms with Crippen molar-refractivity contribution in [3.63, 3.8) is 0 Å². The number of hydrogen-bond donors (Lipinski definition) is 1. The molecule has 0 saturated carbocycles. The van der Waals surface area contributed by atoms with Crippen molar-refractivity contribution in [2.24, 2.45) is 5.92 Å². The highest BCUT2D eigenvalue weighted by Crippen LogP contribution is 2.19. The van der Waals surface area contributed by atoms with E-state index >= 15 is 0 Å². The fraction of sp³-hybridized carbons (Fsp3) is 0.538. The van der Waals surface area contributed by atoms with Crippen LogP contribution < -0.4 is 5.32 Å². The summed E-state index contributed by atoms with van der Waals surface area (Å²) in [5, 5.41) is 3.21. The second-order valence-corrected chi connectivity index (χ2v) is 5.60. The van der Waals surface area contributed by atoms with Gasteiger partial charge in [-0.25, -0.2) is 4.98 Å². The number of carbonyl (C=O) groups is 1. The van der Waals surface area contributed by atoms with E-state index in [4.69, 9.17) is 11.6 Å². The van der Waals surface area contributed by atoms with Crippen molar-refractivity contribution in [2.75, 3.05) is 0 Å². The number of carbonyl (C=O) groups excluding carboxylic acids is 1. The van der Waals surface area contributed by atoms with Gasteiger partial charge in [0.05, 0.1) is 5.56 Å². The van der Waals surface area contributed by atoms with Gasteiger partial charge in [-0.2, -0.15) is 0 Å². The molecule has 0 aliphatic rings. The van der Waals surface area contributed by atoms with Gasteiger partial charge in [0.2, 0.25) is 0 Å². The van der Waals surface area contributed by atoms with Crippen LogP contribution in [0, 0.1) is 5.92 Å². The molecular formula is C13H18BrClN2O. The topological polar surface area (TPSA) is 42.0 Å². The molecule has 0 aliphatic heterocycles. The fourth-order valence-corrected chi connectivity index (χ4v) is 2.50. The van der Waals surface area contributed by atoms with Gasteiger partial charge in [0.1, 0.15) is 5.15 Å². The van der Waals surface area contributed by atoms with Crippen LogP contribution in [0.1, 0.15) is 44.0 Å². The van der Waals surface area contributed by atoms with Crippen LogP contribution in [0.15, 0.2) is 16.7 Å². The predicted octanol–water partition coefficient (Wildman–Crippen LogP) is 4.05. The van der Waals surface area contributed by atoms with Crippen LogP contribution in [-0.2, 0) is 0 Å². The molecule has 0 bridgehead atoms. The van der Waals surface area contributed by atoms with Crippen molar-refractivity contribution < 1.29 is 4.79 Å². The first-order valence-corrected chi connectivity index (χ1v) is 7.28. The van der Waals surface area contributed by atoms with Crippen molar-refractivity contribution in [3.8, 4) is 0 Å². The largest absolute Gasteiger partial charge is 0.349 e. The Morgan fingerprint density at radius 2 is 2.11 bits per heavy atom. The van der Waals surface area contributed by atoms with Crippen molar-refractivity contribution in [1.29, 1.82) is 0 Å². The molecule has 0 aliphatic carbocycles. The molecule has 0 radical (unpaired) electrons. The van der Waals surface area contributed by atoms with Crippen molar-refractivity contribution >= 4 is 33.4 Å². The summed E-state index contributed by atoms with van der Waals surface area (Å²) >= 11 is 9.22. The normalized spacial score (nSPS) is 12.6. The van der Waals surface area contributed by atoms with Gasteiger partial charge in [-0.15, -0.1) is 0 Å². The molecule has 5 heteroatoms. The zero-order chi connectivity index (χ0) is 13.7. The predicted molar refractivity (Wildman–Crippen MR) is 77.9 cm³/mol. The first-order chi connectivity index (χ1) is 8.49. The second-order valence-electron chi connectivity index (χ2n) is 4.33. The zero-order valence-corrected chi connectivity index (χ0v) is 13.2. The van der Waals surface area contributed by atoms with E-state index in [1.165, 1.54) is 0 Å². The van der Waals surface area contributed by atoms with Gasteiger partial charge in [0.25, 0.3) is 5.91 Å². The van der Waals surface area contributed by atoms with Crippen LogP contribution in [0.2, 0.25) is 5.15 Å². The molecule has 0 aromatic carbocycles. The lowest BCUT2D eigenvalue weighted by Crippen LogP contribution is -2.37. The SMILES string of the molecule is CCC(CC)C(C)NC(=O)c1cc(Br)cnc1Cl. The Balaban J connectivity index is 2.79. The van der Waals surface area contributed by atoms with Gasteiger partial charge in [-0.3, -0.25) is 4.79 Å². The average Bonchev–Trinajstić information content (AvgIpc) is 2.33. The third kappa shape index (κ3) is 3.95. The van der Waals surface area contributed by atoms with Crippen molar-refractivity contribution in [3.05, 3.63) is 27.5 Å². The maximum Gasteiger partial charge on any atom is 0.254 e. The molecule has 18 heavy (non-hydrogen) atoms. The number of amides is 1. The Hall–Kier alpha value is -0.610. The molecule has 3 nitrogen and oxygen atoms in total. The molecule has 1 atom stereocenters. The summed E-state index contributed by atoms with van der Waals surface area (Å²) in [6.45, 7) is 6.28. The average molecular weight is 334 g/mol. The molecule has 1 aromatic rings. The molecule has 1 rings (SSSR count). The first kappa shape index (κ1) is 15.4. The zero-order valence-electron chi connectivity index (χ0n) is 10.8. The van der Waals surface area contributed by atoms with E-state index in [0.29, 0.717) is 11.5 Å². The minimum absolute atomic E-state index is 0.127. The van der Waals surface area contributed by atoms with Gasteiger partial charge in [0, 0.05) is 16.7 Å². The molecule has 100 valence electrons. The Morgan fingerprint density at radius 1 is 1.50 bits per heavy atom. The maximum absolute atomic E-state index is 12.1. The van der Waals surface area contributed by atoms with Crippen LogP contribution in [0.4, 0.5) is 0 Å². The number of halogens is 2. The van der Waals surface area contributed by atoms with E-state index < -0.39 is 0 Å². The summed E-state index contributed by atoms with van der Waals surface area (Å²) in [5.74, 6) is 0.307. The highest BCUT2D eigenvalue weighted by molar-refractivity contribution is 9.10. The first-order valence-electron chi connectivity index (χ1n) is 6.11. The van der Waals surface area contributed by atoms with Crippen LogP contribution >= 0.6 is 27.5 Å². The lowest BCUT2D eigenvalue weighted by Gasteiger charge is -2.22. The molecule has 1 N–H and O–H groups in total. The molecule has 0 saturated heterocycles. The summed E-state index contributed by atoms with van der Waals surface area (Å²) in [6, 6.07) is 1.81. The molecule has 1 unspecified atom stereocenters. The molecular weight excluding hydrogens is 316 g/mol. The molecule has 0 spiro atoms. The van der Waals surface area contributed by atoms with Crippen molar-refractivity contribution in [1.82, 2.24) is 10.3 Å².